The summed E-state index contributed by atoms with van der Waals surface area (Å²) in [6, 6.07) is 19.4. The predicted octanol–water partition coefficient (Wildman–Crippen LogP) is 5.60. The van der Waals surface area contributed by atoms with Crippen molar-refractivity contribution in [3.8, 4) is 11.1 Å². The molecule has 98 valence electrons. The summed E-state index contributed by atoms with van der Waals surface area (Å²) >= 11 is 0. The number of allylic oxidation sites excluding steroid dienone is 1. The Morgan fingerprint density at radius 1 is 1.00 bits per heavy atom. The first-order valence-corrected chi connectivity index (χ1v) is 6.97. The van der Waals surface area contributed by atoms with E-state index < -0.39 is 0 Å². The molecule has 0 radical (unpaired) electrons. The number of benzene rings is 2. The Labute approximate surface area is 116 Å². The van der Waals surface area contributed by atoms with Crippen LogP contribution >= 0.6 is 0 Å². The molecule has 0 aliphatic heterocycles. The summed E-state index contributed by atoms with van der Waals surface area (Å²) in [4.78, 5) is 0. The Kier molecular flexibility index (Phi) is 4.21. The fourth-order valence-corrected chi connectivity index (χ4v) is 2.64. The van der Waals surface area contributed by atoms with Crippen LogP contribution in [0, 0.1) is 0 Å². The molecule has 2 aromatic rings. The summed E-state index contributed by atoms with van der Waals surface area (Å²) in [5.41, 5.74) is 4.22. The van der Waals surface area contributed by atoms with Crippen molar-refractivity contribution in [1.29, 1.82) is 0 Å². The van der Waals surface area contributed by atoms with Gasteiger partial charge in [-0.3, -0.25) is 0 Å². The SMILES string of the molecule is C=CCC(C)(CC)c1ccccc1-c1ccccc1. The predicted molar refractivity (Wildman–Crippen MR) is 84.3 cm³/mol. The van der Waals surface area contributed by atoms with Gasteiger partial charge in [0, 0.05) is 0 Å². The van der Waals surface area contributed by atoms with E-state index in [4.69, 9.17) is 0 Å². The van der Waals surface area contributed by atoms with Crippen LogP contribution < -0.4 is 0 Å². The molecule has 19 heavy (non-hydrogen) atoms. The van der Waals surface area contributed by atoms with Gasteiger partial charge in [-0.15, -0.1) is 6.58 Å². The first-order valence-electron chi connectivity index (χ1n) is 6.97. The summed E-state index contributed by atoms with van der Waals surface area (Å²) in [6.45, 7) is 8.51. The maximum absolute atomic E-state index is 3.92. The van der Waals surface area contributed by atoms with Gasteiger partial charge in [-0.05, 0) is 34.9 Å². The summed E-state index contributed by atoms with van der Waals surface area (Å²) < 4.78 is 0. The second kappa shape index (κ2) is 5.88. The lowest BCUT2D eigenvalue weighted by molar-refractivity contribution is 0.462. The number of hydrogen-bond donors (Lipinski definition) is 0. The summed E-state index contributed by atoms with van der Waals surface area (Å²) in [7, 11) is 0. The third-order valence-corrected chi connectivity index (χ3v) is 4.04. The van der Waals surface area contributed by atoms with E-state index in [0.717, 1.165) is 12.8 Å². The van der Waals surface area contributed by atoms with Gasteiger partial charge in [-0.25, -0.2) is 0 Å². The maximum atomic E-state index is 3.92. The molecular formula is C19H22. The molecule has 0 nitrogen and oxygen atoms in total. The van der Waals surface area contributed by atoms with Gasteiger partial charge in [0.1, 0.15) is 0 Å². The molecule has 2 aromatic carbocycles. The van der Waals surface area contributed by atoms with Crippen molar-refractivity contribution in [2.24, 2.45) is 0 Å². The Hall–Kier alpha value is -1.82. The van der Waals surface area contributed by atoms with E-state index in [0.29, 0.717) is 0 Å². The molecule has 0 amide bonds. The summed E-state index contributed by atoms with van der Waals surface area (Å²) in [6.07, 6.45) is 4.15. The molecule has 0 bridgehead atoms. The van der Waals surface area contributed by atoms with Crippen LogP contribution in [0.1, 0.15) is 32.3 Å². The van der Waals surface area contributed by atoms with Crippen LogP contribution in [0.15, 0.2) is 67.3 Å². The third-order valence-electron chi connectivity index (χ3n) is 4.04. The van der Waals surface area contributed by atoms with E-state index in [9.17, 15) is 0 Å². The van der Waals surface area contributed by atoms with Gasteiger partial charge in [-0.1, -0.05) is 74.5 Å². The monoisotopic (exact) mass is 250 g/mol. The minimum Gasteiger partial charge on any atom is -0.103 e. The molecule has 1 atom stereocenters. The third kappa shape index (κ3) is 2.78. The number of rotatable bonds is 5. The second-order valence-corrected chi connectivity index (χ2v) is 5.32. The van der Waals surface area contributed by atoms with Crippen LogP contribution in [0.5, 0.6) is 0 Å². The fourth-order valence-electron chi connectivity index (χ4n) is 2.64. The standard InChI is InChI=1S/C19H22/c1-4-15-19(3,5-2)18-14-10-9-13-17(18)16-11-7-6-8-12-16/h4,6-14H,1,5,15H2,2-3H3. The highest BCUT2D eigenvalue weighted by molar-refractivity contribution is 5.68. The second-order valence-electron chi connectivity index (χ2n) is 5.32. The quantitative estimate of drug-likeness (QED) is 0.606. The lowest BCUT2D eigenvalue weighted by Gasteiger charge is -2.30. The zero-order valence-corrected chi connectivity index (χ0v) is 11.9. The molecule has 0 saturated heterocycles. The van der Waals surface area contributed by atoms with Crippen molar-refractivity contribution < 1.29 is 0 Å². The van der Waals surface area contributed by atoms with Crippen molar-refractivity contribution in [1.82, 2.24) is 0 Å². The average Bonchev–Trinajstić information content (AvgIpc) is 2.48. The van der Waals surface area contributed by atoms with Crippen LogP contribution in [0.4, 0.5) is 0 Å². The van der Waals surface area contributed by atoms with E-state index in [1.165, 1.54) is 16.7 Å². The molecule has 0 spiro atoms. The molecule has 0 heterocycles. The number of hydrogen-bond acceptors (Lipinski definition) is 0. The molecule has 0 aromatic heterocycles. The first-order chi connectivity index (χ1) is 9.21. The van der Waals surface area contributed by atoms with E-state index in [-0.39, 0.29) is 5.41 Å². The Bertz CT molecular complexity index is 539. The molecule has 1 unspecified atom stereocenters. The van der Waals surface area contributed by atoms with Crippen molar-refractivity contribution in [3.63, 3.8) is 0 Å². The Morgan fingerprint density at radius 2 is 1.63 bits per heavy atom. The molecule has 0 aliphatic rings. The fraction of sp³-hybridized carbons (Fsp3) is 0.263. The van der Waals surface area contributed by atoms with E-state index >= 15 is 0 Å². The van der Waals surface area contributed by atoms with Crippen LogP contribution in [-0.4, -0.2) is 0 Å². The molecule has 0 fully saturated rings. The normalized spacial score (nSPS) is 13.8. The van der Waals surface area contributed by atoms with Crippen LogP contribution in [0.2, 0.25) is 0 Å². The lowest BCUT2D eigenvalue weighted by atomic mass is 9.74. The van der Waals surface area contributed by atoms with Crippen molar-refractivity contribution in [3.05, 3.63) is 72.8 Å². The van der Waals surface area contributed by atoms with Gasteiger partial charge in [0.2, 0.25) is 0 Å². The van der Waals surface area contributed by atoms with Gasteiger partial charge in [-0.2, -0.15) is 0 Å². The Morgan fingerprint density at radius 3 is 2.26 bits per heavy atom. The van der Waals surface area contributed by atoms with E-state index in [2.05, 4.69) is 75.0 Å². The van der Waals surface area contributed by atoms with Crippen LogP contribution in [0.3, 0.4) is 0 Å². The van der Waals surface area contributed by atoms with Gasteiger partial charge in [0.25, 0.3) is 0 Å². The van der Waals surface area contributed by atoms with Gasteiger partial charge in [0.05, 0.1) is 0 Å². The van der Waals surface area contributed by atoms with Crippen LogP contribution in [0.25, 0.3) is 11.1 Å². The topological polar surface area (TPSA) is 0 Å². The average molecular weight is 250 g/mol. The summed E-state index contributed by atoms with van der Waals surface area (Å²) in [5.74, 6) is 0. The van der Waals surface area contributed by atoms with Crippen molar-refractivity contribution in [2.45, 2.75) is 32.1 Å². The molecule has 0 N–H and O–H groups in total. The molecule has 0 saturated carbocycles. The molecule has 0 aliphatic carbocycles. The highest BCUT2D eigenvalue weighted by atomic mass is 14.3. The van der Waals surface area contributed by atoms with Crippen LogP contribution in [-0.2, 0) is 5.41 Å². The highest BCUT2D eigenvalue weighted by Crippen LogP contribution is 2.38. The molecule has 2 rings (SSSR count). The minimum atomic E-state index is 0.161. The lowest BCUT2D eigenvalue weighted by Crippen LogP contribution is -2.20. The van der Waals surface area contributed by atoms with Gasteiger partial charge >= 0.3 is 0 Å². The first kappa shape index (κ1) is 13.6. The van der Waals surface area contributed by atoms with Crippen molar-refractivity contribution >= 4 is 0 Å². The maximum Gasteiger partial charge on any atom is -0.00374 e. The van der Waals surface area contributed by atoms with Crippen molar-refractivity contribution in [2.75, 3.05) is 0 Å². The Balaban J connectivity index is 2.56. The zero-order chi connectivity index (χ0) is 13.7. The zero-order valence-electron chi connectivity index (χ0n) is 11.9. The molecular weight excluding hydrogens is 228 g/mol. The largest absolute Gasteiger partial charge is 0.103 e. The van der Waals surface area contributed by atoms with Gasteiger partial charge < -0.3 is 0 Å². The van der Waals surface area contributed by atoms with Gasteiger partial charge in [0.15, 0.2) is 0 Å². The smallest absolute Gasteiger partial charge is 0.00374 e. The molecule has 0 heteroatoms. The van der Waals surface area contributed by atoms with E-state index in [1.807, 2.05) is 6.08 Å². The highest BCUT2D eigenvalue weighted by Gasteiger charge is 2.25. The minimum absolute atomic E-state index is 0.161. The summed E-state index contributed by atoms with van der Waals surface area (Å²) in [5, 5.41) is 0. The van der Waals surface area contributed by atoms with E-state index in [1.54, 1.807) is 0 Å².